The second-order valence-corrected chi connectivity index (χ2v) is 2.87. The molecule has 0 saturated heterocycles. The number of anilines is 2. The molecule has 2 nitrogen and oxygen atoms in total. The van der Waals surface area contributed by atoms with Gasteiger partial charge in [-0.15, -0.1) is 0 Å². The van der Waals surface area contributed by atoms with Crippen LogP contribution in [-0.4, -0.2) is 13.6 Å². The van der Waals surface area contributed by atoms with Crippen LogP contribution in [0.4, 0.5) is 15.8 Å². The normalized spacial score (nSPS) is 9.77. The maximum absolute atomic E-state index is 12.8. The second kappa shape index (κ2) is 4.70. The lowest BCUT2D eigenvalue weighted by Crippen LogP contribution is -2.03. The molecule has 0 saturated carbocycles. The average Bonchev–Trinajstić information content (AvgIpc) is 2.16. The predicted octanol–water partition coefficient (Wildman–Crippen LogP) is 2.69. The van der Waals surface area contributed by atoms with E-state index in [-0.39, 0.29) is 5.82 Å². The third-order valence-corrected chi connectivity index (χ3v) is 1.82. The number of benzene rings is 1. The molecule has 0 spiro atoms. The number of hydrogen-bond acceptors (Lipinski definition) is 2. The summed E-state index contributed by atoms with van der Waals surface area (Å²) in [6.07, 6.45) is 1.06. The molecule has 0 bridgehead atoms. The molecule has 0 radical (unpaired) electrons. The van der Waals surface area contributed by atoms with E-state index >= 15 is 0 Å². The van der Waals surface area contributed by atoms with Gasteiger partial charge in [-0.2, -0.15) is 0 Å². The molecule has 0 aliphatic carbocycles. The first-order valence-electron chi connectivity index (χ1n) is 4.49. The third kappa shape index (κ3) is 2.61. The van der Waals surface area contributed by atoms with Gasteiger partial charge in [0.1, 0.15) is 5.82 Å². The van der Waals surface area contributed by atoms with E-state index in [0.717, 1.165) is 24.3 Å². The standard InChI is InChI=1S/C10H15FN2/c1-3-6-13-9-5-4-8(11)7-10(9)12-2/h4-5,7,12-13H,3,6H2,1-2H3. The highest BCUT2D eigenvalue weighted by Crippen LogP contribution is 2.21. The molecule has 0 heterocycles. The maximum atomic E-state index is 12.8. The molecule has 0 aliphatic heterocycles. The van der Waals surface area contributed by atoms with Crippen molar-refractivity contribution in [3.8, 4) is 0 Å². The largest absolute Gasteiger partial charge is 0.386 e. The van der Waals surface area contributed by atoms with E-state index in [0.29, 0.717) is 0 Å². The van der Waals surface area contributed by atoms with Crippen LogP contribution >= 0.6 is 0 Å². The Morgan fingerprint density at radius 2 is 2.08 bits per heavy atom. The number of hydrogen-bond donors (Lipinski definition) is 2. The Morgan fingerprint density at radius 1 is 1.31 bits per heavy atom. The van der Waals surface area contributed by atoms with Crippen molar-refractivity contribution >= 4 is 11.4 Å². The quantitative estimate of drug-likeness (QED) is 0.748. The zero-order valence-electron chi connectivity index (χ0n) is 8.02. The van der Waals surface area contributed by atoms with Crippen LogP contribution in [0.5, 0.6) is 0 Å². The van der Waals surface area contributed by atoms with Crippen LogP contribution in [0.2, 0.25) is 0 Å². The zero-order valence-corrected chi connectivity index (χ0v) is 8.02. The van der Waals surface area contributed by atoms with Crippen molar-refractivity contribution in [2.45, 2.75) is 13.3 Å². The summed E-state index contributed by atoms with van der Waals surface area (Å²) in [7, 11) is 1.78. The highest BCUT2D eigenvalue weighted by atomic mass is 19.1. The van der Waals surface area contributed by atoms with Crippen LogP contribution in [-0.2, 0) is 0 Å². The van der Waals surface area contributed by atoms with Gasteiger partial charge in [-0.3, -0.25) is 0 Å². The molecular formula is C10H15FN2. The summed E-state index contributed by atoms with van der Waals surface area (Å²) >= 11 is 0. The first kappa shape index (κ1) is 9.84. The fourth-order valence-corrected chi connectivity index (χ4v) is 1.14. The van der Waals surface area contributed by atoms with Crippen molar-refractivity contribution in [2.24, 2.45) is 0 Å². The fourth-order valence-electron chi connectivity index (χ4n) is 1.14. The average molecular weight is 182 g/mol. The maximum Gasteiger partial charge on any atom is 0.125 e. The fraction of sp³-hybridized carbons (Fsp3) is 0.400. The summed E-state index contributed by atoms with van der Waals surface area (Å²) in [4.78, 5) is 0. The van der Waals surface area contributed by atoms with E-state index in [1.807, 2.05) is 0 Å². The molecular weight excluding hydrogens is 167 g/mol. The van der Waals surface area contributed by atoms with E-state index in [1.54, 1.807) is 13.1 Å². The van der Waals surface area contributed by atoms with Gasteiger partial charge in [0.2, 0.25) is 0 Å². The van der Waals surface area contributed by atoms with Crippen LogP contribution in [0.3, 0.4) is 0 Å². The van der Waals surface area contributed by atoms with Crippen LogP contribution in [0.25, 0.3) is 0 Å². The molecule has 2 N–H and O–H groups in total. The van der Waals surface area contributed by atoms with Gasteiger partial charge in [0.25, 0.3) is 0 Å². The van der Waals surface area contributed by atoms with E-state index in [9.17, 15) is 4.39 Å². The predicted molar refractivity (Wildman–Crippen MR) is 54.7 cm³/mol. The van der Waals surface area contributed by atoms with Crippen LogP contribution in [0.1, 0.15) is 13.3 Å². The molecule has 0 atom stereocenters. The van der Waals surface area contributed by atoms with Crippen molar-refractivity contribution in [2.75, 3.05) is 24.2 Å². The Morgan fingerprint density at radius 3 is 2.69 bits per heavy atom. The summed E-state index contributed by atoms with van der Waals surface area (Å²) in [5.41, 5.74) is 1.75. The van der Waals surface area contributed by atoms with E-state index in [2.05, 4.69) is 17.6 Å². The molecule has 0 unspecified atom stereocenters. The highest BCUT2D eigenvalue weighted by molar-refractivity contribution is 5.68. The molecule has 1 aromatic rings. The molecule has 0 amide bonds. The third-order valence-electron chi connectivity index (χ3n) is 1.82. The summed E-state index contributed by atoms with van der Waals surface area (Å²) < 4.78 is 12.8. The van der Waals surface area contributed by atoms with Gasteiger partial charge in [0, 0.05) is 13.6 Å². The summed E-state index contributed by atoms with van der Waals surface area (Å²) in [6.45, 7) is 3.00. The van der Waals surface area contributed by atoms with Crippen molar-refractivity contribution in [3.63, 3.8) is 0 Å². The zero-order chi connectivity index (χ0) is 9.68. The van der Waals surface area contributed by atoms with Crippen molar-refractivity contribution in [3.05, 3.63) is 24.0 Å². The van der Waals surface area contributed by atoms with E-state index in [4.69, 9.17) is 0 Å². The van der Waals surface area contributed by atoms with Gasteiger partial charge >= 0.3 is 0 Å². The molecule has 13 heavy (non-hydrogen) atoms. The highest BCUT2D eigenvalue weighted by Gasteiger charge is 2.00. The lowest BCUT2D eigenvalue weighted by atomic mass is 10.2. The first-order chi connectivity index (χ1) is 6.27. The minimum atomic E-state index is -0.216. The van der Waals surface area contributed by atoms with Crippen LogP contribution < -0.4 is 10.6 Å². The molecule has 1 rings (SSSR count). The Hall–Kier alpha value is -1.25. The SMILES string of the molecule is CCCNc1ccc(F)cc1NC. The number of halogens is 1. The molecule has 0 aromatic heterocycles. The molecule has 3 heteroatoms. The Kier molecular flexibility index (Phi) is 3.55. The van der Waals surface area contributed by atoms with Gasteiger partial charge in [0.15, 0.2) is 0 Å². The smallest absolute Gasteiger partial charge is 0.125 e. The number of nitrogens with one attached hydrogen (secondary N) is 2. The van der Waals surface area contributed by atoms with Gasteiger partial charge in [-0.1, -0.05) is 6.92 Å². The van der Waals surface area contributed by atoms with Crippen molar-refractivity contribution in [1.82, 2.24) is 0 Å². The summed E-state index contributed by atoms with van der Waals surface area (Å²) in [6, 6.07) is 4.69. The number of rotatable bonds is 4. The van der Waals surface area contributed by atoms with Gasteiger partial charge < -0.3 is 10.6 Å². The van der Waals surface area contributed by atoms with Crippen molar-refractivity contribution in [1.29, 1.82) is 0 Å². The Bertz CT molecular complexity index is 274. The van der Waals surface area contributed by atoms with E-state index in [1.165, 1.54) is 12.1 Å². The minimum Gasteiger partial charge on any atom is -0.386 e. The van der Waals surface area contributed by atoms with Gasteiger partial charge in [-0.25, -0.2) is 4.39 Å². The molecule has 1 aromatic carbocycles. The van der Waals surface area contributed by atoms with Crippen molar-refractivity contribution < 1.29 is 4.39 Å². The molecule has 0 fully saturated rings. The molecule has 0 aliphatic rings. The lowest BCUT2D eigenvalue weighted by molar-refractivity contribution is 0.628. The Balaban J connectivity index is 2.79. The monoisotopic (exact) mass is 182 g/mol. The summed E-state index contributed by atoms with van der Waals surface area (Å²) in [5, 5.41) is 6.15. The Labute approximate surface area is 78.2 Å². The van der Waals surface area contributed by atoms with Gasteiger partial charge in [0.05, 0.1) is 11.4 Å². The minimum absolute atomic E-state index is 0.216. The molecule has 72 valence electrons. The summed E-state index contributed by atoms with van der Waals surface area (Å²) in [5.74, 6) is -0.216. The van der Waals surface area contributed by atoms with Crippen LogP contribution in [0.15, 0.2) is 18.2 Å². The first-order valence-corrected chi connectivity index (χ1v) is 4.49. The lowest BCUT2D eigenvalue weighted by Gasteiger charge is -2.10. The van der Waals surface area contributed by atoms with Gasteiger partial charge in [-0.05, 0) is 24.6 Å². The van der Waals surface area contributed by atoms with Crippen LogP contribution in [0, 0.1) is 5.82 Å². The second-order valence-electron chi connectivity index (χ2n) is 2.87. The van der Waals surface area contributed by atoms with E-state index < -0.39 is 0 Å². The topological polar surface area (TPSA) is 24.1 Å².